The Morgan fingerprint density at radius 3 is 1.90 bits per heavy atom. The number of nitriles is 1. The fourth-order valence-corrected chi connectivity index (χ4v) is 2.12. The molecule has 0 saturated heterocycles. The van der Waals surface area contributed by atoms with Gasteiger partial charge in [0.2, 0.25) is 11.6 Å². The highest BCUT2D eigenvalue weighted by Crippen LogP contribution is 2.52. The molecule has 29 heavy (non-hydrogen) atoms. The Kier molecular flexibility index (Phi) is 9.75. The van der Waals surface area contributed by atoms with Gasteiger partial charge < -0.3 is 14.2 Å². The summed E-state index contributed by atoms with van der Waals surface area (Å²) in [5.41, 5.74) is -1.19. The molecule has 1 aliphatic carbocycles. The predicted molar refractivity (Wildman–Crippen MR) is 96.2 cm³/mol. The summed E-state index contributed by atoms with van der Waals surface area (Å²) in [4.78, 5) is 11.6. The molecule has 0 heterocycles. The Hall–Kier alpha value is -3.20. The lowest BCUT2D eigenvalue weighted by atomic mass is 10.1. The van der Waals surface area contributed by atoms with E-state index in [-0.39, 0.29) is 17.1 Å². The zero-order valence-corrected chi connectivity index (χ0v) is 16.4. The van der Waals surface area contributed by atoms with Gasteiger partial charge in [0.25, 0.3) is 0 Å². The summed E-state index contributed by atoms with van der Waals surface area (Å²) in [5, 5.41) is 7.86. The summed E-state index contributed by atoms with van der Waals surface area (Å²) >= 11 is 0. The van der Waals surface area contributed by atoms with E-state index < -0.39 is 47.2 Å². The molecule has 1 aliphatic rings. The van der Waals surface area contributed by atoms with Crippen LogP contribution < -0.4 is 4.74 Å². The lowest BCUT2D eigenvalue weighted by molar-refractivity contribution is -0.147. The van der Waals surface area contributed by atoms with E-state index >= 15 is 0 Å². The van der Waals surface area contributed by atoms with Crippen LogP contribution in [0.1, 0.15) is 25.8 Å². The minimum absolute atomic E-state index is 0.148. The topological polar surface area (TPSA) is 68.6 Å². The van der Waals surface area contributed by atoms with Gasteiger partial charge in [0.05, 0.1) is 25.7 Å². The van der Waals surface area contributed by atoms with Crippen LogP contribution in [0.5, 0.6) is 5.75 Å². The lowest BCUT2D eigenvalue weighted by Crippen LogP contribution is -2.13. The number of hydrogen-bond donors (Lipinski definition) is 0. The number of terminal acetylenes is 1. The normalized spacial score (nSPS) is 15.3. The molecule has 0 amide bonds. The molecule has 0 N–H and O–H groups in total. The molecular formula is C20H21F4NO4. The first-order valence-electron chi connectivity index (χ1n) is 8.03. The number of esters is 1. The van der Waals surface area contributed by atoms with E-state index in [2.05, 4.69) is 28.9 Å². The summed E-state index contributed by atoms with van der Waals surface area (Å²) in [7, 11) is 2.29. The number of benzene rings is 1. The molecule has 5 nitrogen and oxygen atoms in total. The van der Waals surface area contributed by atoms with Crippen LogP contribution in [-0.4, -0.2) is 20.2 Å². The van der Waals surface area contributed by atoms with E-state index in [0.717, 1.165) is 7.11 Å². The lowest BCUT2D eigenvalue weighted by Gasteiger charge is -2.11. The molecule has 0 unspecified atom stereocenters. The molecule has 1 fully saturated rings. The van der Waals surface area contributed by atoms with Crippen molar-refractivity contribution < 1.29 is 36.6 Å². The number of carbonyl (C=O) groups is 1. The SMILES string of the molecule is C#C.C=C(C#N)OC.COc1c(F)c(F)c(COC(=O)[C@@H]2CC2(C)C)c(F)c1F. The highest BCUT2D eigenvalue weighted by Gasteiger charge is 2.51. The van der Waals surface area contributed by atoms with Crippen LogP contribution in [0, 0.1) is 58.8 Å². The molecule has 0 aromatic heterocycles. The van der Waals surface area contributed by atoms with Crippen molar-refractivity contribution in [2.24, 2.45) is 11.3 Å². The summed E-state index contributed by atoms with van der Waals surface area (Å²) in [6, 6.07) is 1.70. The molecule has 0 spiro atoms. The molecule has 1 aromatic carbocycles. The van der Waals surface area contributed by atoms with Gasteiger partial charge >= 0.3 is 5.97 Å². The van der Waals surface area contributed by atoms with Gasteiger partial charge in [0.15, 0.2) is 23.1 Å². The molecule has 9 heteroatoms. The molecule has 1 saturated carbocycles. The first-order chi connectivity index (χ1) is 13.5. The third-order valence-electron chi connectivity index (χ3n) is 4.05. The van der Waals surface area contributed by atoms with Crippen LogP contribution in [0.15, 0.2) is 12.3 Å². The van der Waals surface area contributed by atoms with Gasteiger partial charge in [0, 0.05) is 0 Å². The minimum atomic E-state index is -1.66. The maximum absolute atomic E-state index is 13.7. The van der Waals surface area contributed by atoms with Crippen molar-refractivity contribution in [3.63, 3.8) is 0 Å². The average Bonchev–Trinajstić information content (AvgIpc) is 3.36. The standard InChI is InChI=1S/C14H14F4O3.C4H5NO.C2H2/c1-14(2)4-7(14)13(19)21-5-6-8(15)10(17)12(20-3)11(18)9(6)16;1-4(3-5)6-2;1-2/h7H,4-5H2,1-3H3;1H2,2H3;1-2H/t7-;;/m0../s1. The van der Waals surface area contributed by atoms with Crippen LogP contribution in [0.25, 0.3) is 0 Å². The van der Waals surface area contributed by atoms with E-state index in [9.17, 15) is 22.4 Å². The molecule has 0 radical (unpaired) electrons. The van der Waals surface area contributed by atoms with Gasteiger partial charge in [-0.2, -0.15) is 14.0 Å². The number of rotatable bonds is 5. The van der Waals surface area contributed by atoms with Crippen LogP contribution >= 0.6 is 0 Å². The maximum atomic E-state index is 13.7. The average molecular weight is 415 g/mol. The van der Waals surface area contributed by atoms with Crippen molar-refractivity contribution >= 4 is 5.97 Å². The van der Waals surface area contributed by atoms with Gasteiger partial charge in [-0.3, -0.25) is 4.79 Å². The van der Waals surface area contributed by atoms with Crippen molar-refractivity contribution in [2.75, 3.05) is 14.2 Å². The summed E-state index contributed by atoms with van der Waals surface area (Å²) in [6.07, 6.45) is 8.60. The summed E-state index contributed by atoms with van der Waals surface area (Å²) in [5.74, 6) is -8.59. The quantitative estimate of drug-likeness (QED) is 0.180. The molecule has 158 valence electrons. The van der Waals surface area contributed by atoms with Crippen LogP contribution in [0.4, 0.5) is 17.6 Å². The number of halogens is 4. The van der Waals surface area contributed by atoms with Crippen molar-refractivity contribution in [1.29, 1.82) is 5.26 Å². The maximum Gasteiger partial charge on any atom is 0.309 e. The molecule has 1 aromatic rings. The van der Waals surface area contributed by atoms with E-state index in [1.807, 2.05) is 13.8 Å². The Balaban J connectivity index is 0.000000841. The zero-order chi connectivity index (χ0) is 22.9. The van der Waals surface area contributed by atoms with Crippen LogP contribution in [0.3, 0.4) is 0 Å². The number of carbonyl (C=O) groups excluding carboxylic acids is 1. The van der Waals surface area contributed by atoms with Gasteiger partial charge in [-0.25, -0.2) is 8.78 Å². The first kappa shape index (κ1) is 25.8. The van der Waals surface area contributed by atoms with Gasteiger partial charge in [-0.15, -0.1) is 12.8 Å². The molecule has 2 rings (SSSR count). The number of ether oxygens (including phenoxy) is 3. The number of allylic oxidation sites excluding steroid dienone is 1. The van der Waals surface area contributed by atoms with Crippen molar-refractivity contribution in [2.45, 2.75) is 26.9 Å². The Morgan fingerprint density at radius 1 is 1.17 bits per heavy atom. The van der Waals surface area contributed by atoms with Gasteiger partial charge in [-0.1, -0.05) is 13.8 Å². The number of methoxy groups -OCH3 is 2. The van der Waals surface area contributed by atoms with E-state index in [1.54, 1.807) is 6.07 Å². The van der Waals surface area contributed by atoms with E-state index in [4.69, 9.17) is 10.00 Å². The van der Waals surface area contributed by atoms with Gasteiger partial charge in [-0.05, 0) is 18.4 Å². The second-order valence-electron chi connectivity index (χ2n) is 6.36. The third kappa shape index (κ3) is 6.42. The summed E-state index contributed by atoms with van der Waals surface area (Å²) < 4.78 is 67.6. The van der Waals surface area contributed by atoms with E-state index in [0.29, 0.717) is 6.42 Å². The second kappa shape index (κ2) is 11.0. The largest absolute Gasteiger partial charge is 0.491 e. The molecule has 1 atom stereocenters. The van der Waals surface area contributed by atoms with Crippen LogP contribution in [0.2, 0.25) is 0 Å². The fourth-order valence-electron chi connectivity index (χ4n) is 2.12. The second-order valence-corrected chi connectivity index (χ2v) is 6.36. The molecule has 0 aliphatic heterocycles. The van der Waals surface area contributed by atoms with Crippen molar-refractivity contribution in [3.8, 4) is 24.7 Å². The van der Waals surface area contributed by atoms with Crippen molar-refractivity contribution in [3.05, 3.63) is 41.2 Å². The summed E-state index contributed by atoms with van der Waals surface area (Å²) in [6.45, 7) is 6.01. The highest BCUT2D eigenvalue weighted by molar-refractivity contribution is 5.76. The van der Waals surface area contributed by atoms with Crippen LogP contribution in [-0.2, 0) is 20.9 Å². The first-order valence-corrected chi connectivity index (χ1v) is 8.03. The third-order valence-corrected chi connectivity index (χ3v) is 4.05. The minimum Gasteiger partial charge on any atom is -0.491 e. The smallest absolute Gasteiger partial charge is 0.309 e. The Bertz CT molecular complexity index is 799. The Morgan fingerprint density at radius 2 is 1.62 bits per heavy atom. The number of nitrogens with zero attached hydrogens (tertiary/aromatic N) is 1. The van der Waals surface area contributed by atoms with E-state index in [1.165, 1.54) is 7.11 Å². The fraction of sp³-hybridized carbons (Fsp3) is 0.400. The molecule has 0 bridgehead atoms. The predicted octanol–water partition coefficient (Wildman–Crippen LogP) is 4.26. The monoisotopic (exact) mass is 415 g/mol. The number of hydrogen-bond acceptors (Lipinski definition) is 5. The zero-order valence-electron chi connectivity index (χ0n) is 16.4. The van der Waals surface area contributed by atoms with Crippen molar-refractivity contribution in [1.82, 2.24) is 0 Å². The van der Waals surface area contributed by atoms with Gasteiger partial charge in [0.1, 0.15) is 12.7 Å². The molecular weight excluding hydrogens is 394 g/mol. The highest BCUT2D eigenvalue weighted by atomic mass is 19.2. The Labute approximate surface area is 166 Å².